The number of aromatic nitrogens is 2. The molecule has 0 aliphatic heterocycles. The zero-order chi connectivity index (χ0) is 17.2. The molecule has 0 unspecified atom stereocenters. The summed E-state index contributed by atoms with van der Waals surface area (Å²) in [5.41, 5.74) is 0.979. The summed E-state index contributed by atoms with van der Waals surface area (Å²) in [6.45, 7) is 3.73. The first-order valence-corrected chi connectivity index (χ1v) is 7.04. The van der Waals surface area contributed by atoms with Gasteiger partial charge in [-0.1, -0.05) is 12.1 Å². The summed E-state index contributed by atoms with van der Waals surface area (Å²) in [6.07, 6.45) is -3.95. The zero-order valence-electron chi connectivity index (χ0n) is 13.0. The Bertz CT molecular complexity index is 688. The molecule has 124 valence electrons. The Morgan fingerprint density at radius 3 is 2.35 bits per heavy atom. The highest BCUT2D eigenvalue weighted by atomic mass is 19.4. The Morgan fingerprint density at radius 1 is 1.26 bits per heavy atom. The van der Waals surface area contributed by atoms with Crippen molar-refractivity contribution in [2.45, 2.75) is 32.5 Å². The molecule has 0 bridgehead atoms. The van der Waals surface area contributed by atoms with Gasteiger partial charge in [-0.15, -0.1) is 0 Å². The number of hydrogen-bond acceptors (Lipinski definition) is 3. The molecule has 0 aliphatic carbocycles. The van der Waals surface area contributed by atoms with Crippen molar-refractivity contribution >= 4 is 5.97 Å². The van der Waals surface area contributed by atoms with Crippen molar-refractivity contribution in [3.05, 3.63) is 41.7 Å². The van der Waals surface area contributed by atoms with Gasteiger partial charge in [-0.25, -0.2) is 9.78 Å². The van der Waals surface area contributed by atoms with Gasteiger partial charge in [-0.05, 0) is 26.0 Å². The molecular weight excluding hydrogens is 309 g/mol. The van der Waals surface area contributed by atoms with Crippen molar-refractivity contribution < 1.29 is 22.7 Å². The van der Waals surface area contributed by atoms with Crippen LogP contribution in [0.1, 0.15) is 35.9 Å². The van der Waals surface area contributed by atoms with Crippen molar-refractivity contribution in [3.8, 4) is 11.4 Å². The van der Waals surface area contributed by atoms with Gasteiger partial charge in [0, 0.05) is 17.8 Å². The SMILES string of the molecule is COC(=O)c1ccc(-c2nc(CC(F)(F)F)cn2C(C)C)cc1. The number of esters is 1. The first-order valence-electron chi connectivity index (χ1n) is 7.04. The Hall–Kier alpha value is -2.31. The van der Waals surface area contributed by atoms with Gasteiger partial charge < -0.3 is 9.30 Å². The van der Waals surface area contributed by atoms with Crippen LogP contribution < -0.4 is 0 Å². The van der Waals surface area contributed by atoms with Crippen molar-refractivity contribution in [2.24, 2.45) is 0 Å². The number of imidazole rings is 1. The number of alkyl halides is 3. The van der Waals surface area contributed by atoms with Gasteiger partial charge in [0.15, 0.2) is 0 Å². The number of carbonyl (C=O) groups excluding carboxylic acids is 1. The summed E-state index contributed by atoms with van der Waals surface area (Å²) in [4.78, 5) is 15.5. The van der Waals surface area contributed by atoms with Crippen LogP contribution in [0, 0.1) is 0 Å². The summed E-state index contributed by atoms with van der Waals surface area (Å²) >= 11 is 0. The van der Waals surface area contributed by atoms with Crippen molar-refractivity contribution in [2.75, 3.05) is 7.11 Å². The quantitative estimate of drug-likeness (QED) is 0.797. The van der Waals surface area contributed by atoms with E-state index in [2.05, 4.69) is 9.72 Å². The van der Waals surface area contributed by atoms with Crippen LogP contribution in [-0.2, 0) is 11.2 Å². The predicted octanol–water partition coefficient (Wildman–Crippen LogP) is 4.02. The normalized spacial score (nSPS) is 11.8. The highest BCUT2D eigenvalue weighted by molar-refractivity contribution is 5.89. The van der Waals surface area contributed by atoms with Gasteiger partial charge in [0.25, 0.3) is 0 Å². The molecule has 0 saturated carbocycles. The predicted molar refractivity (Wildman–Crippen MR) is 79.1 cm³/mol. The fourth-order valence-electron chi connectivity index (χ4n) is 2.22. The van der Waals surface area contributed by atoms with E-state index >= 15 is 0 Å². The molecular formula is C16H17F3N2O2. The minimum atomic E-state index is -4.30. The number of nitrogens with zero attached hydrogens (tertiary/aromatic N) is 2. The molecule has 7 heteroatoms. The lowest BCUT2D eigenvalue weighted by molar-refractivity contribution is -0.127. The lowest BCUT2D eigenvalue weighted by Gasteiger charge is -2.11. The van der Waals surface area contributed by atoms with E-state index in [9.17, 15) is 18.0 Å². The molecule has 0 saturated heterocycles. The second kappa shape index (κ2) is 6.44. The number of halogens is 3. The van der Waals surface area contributed by atoms with E-state index in [1.54, 1.807) is 28.8 Å². The van der Waals surface area contributed by atoms with Crippen LogP contribution in [0.5, 0.6) is 0 Å². The minimum Gasteiger partial charge on any atom is -0.465 e. The molecule has 0 N–H and O–H groups in total. The number of rotatable bonds is 4. The molecule has 0 aliphatic rings. The fourth-order valence-corrected chi connectivity index (χ4v) is 2.22. The maximum atomic E-state index is 12.6. The summed E-state index contributed by atoms with van der Waals surface area (Å²) in [5, 5.41) is 0. The van der Waals surface area contributed by atoms with Gasteiger partial charge in [0.05, 0.1) is 24.8 Å². The molecule has 2 rings (SSSR count). The Labute approximate surface area is 131 Å². The number of carbonyl (C=O) groups is 1. The second-order valence-electron chi connectivity index (χ2n) is 5.42. The number of benzene rings is 1. The molecule has 1 aromatic carbocycles. The Kier molecular flexibility index (Phi) is 4.77. The van der Waals surface area contributed by atoms with E-state index in [0.717, 1.165) is 0 Å². The molecule has 2 aromatic rings. The van der Waals surface area contributed by atoms with Crippen LogP contribution in [0.2, 0.25) is 0 Å². The first-order chi connectivity index (χ1) is 10.7. The van der Waals surface area contributed by atoms with E-state index in [4.69, 9.17) is 0 Å². The smallest absolute Gasteiger partial charge is 0.394 e. The van der Waals surface area contributed by atoms with Crippen molar-refractivity contribution in [1.29, 1.82) is 0 Å². The average Bonchev–Trinajstić information content (AvgIpc) is 2.88. The maximum Gasteiger partial charge on any atom is 0.394 e. The van der Waals surface area contributed by atoms with Crippen molar-refractivity contribution in [1.82, 2.24) is 9.55 Å². The summed E-state index contributed by atoms with van der Waals surface area (Å²) in [6, 6.07) is 6.36. The summed E-state index contributed by atoms with van der Waals surface area (Å²) in [5.74, 6) is -0.0304. The third-order valence-corrected chi connectivity index (χ3v) is 3.28. The average molecular weight is 326 g/mol. The highest BCUT2D eigenvalue weighted by Crippen LogP contribution is 2.27. The van der Waals surface area contributed by atoms with Crippen LogP contribution in [0.3, 0.4) is 0 Å². The zero-order valence-corrected chi connectivity index (χ0v) is 13.0. The molecule has 0 atom stereocenters. The maximum absolute atomic E-state index is 12.6. The second-order valence-corrected chi connectivity index (χ2v) is 5.42. The van der Waals surface area contributed by atoms with Gasteiger partial charge in [0.1, 0.15) is 5.82 Å². The molecule has 1 heterocycles. The van der Waals surface area contributed by atoms with E-state index in [1.807, 2.05) is 13.8 Å². The van der Waals surface area contributed by atoms with E-state index in [-0.39, 0.29) is 11.7 Å². The van der Waals surface area contributed by atoms with Gasteiger partial charge in [0.2, 0.25) is 0 Å². The molecule has 0 fully saturated rings. The molecule has 0 amide bonds. The molecule has 1 aromatic heterocycles. The Morgan fingerprint density at radius 2 is 1.87 bits per heavy atom. The molecule has 4 nitrogen and oxygen atoms in total. The number of hydrogen-bond donors (Lipinski definition) is 0. The third kappa shape index (κ3) is 4.12. The lowest BCUT2D eigenvalue weighted by atomic mass is 10.1. The van der Waals surface area contributed by atoms with Crippen LogP contribution in [0.25, 0.3) is 11.4 Å². The number of ether oxygens (including phenoxy) is 1. The van der Waals surface area contributed by atoms with Gasteiger partial charge in [-0.2, -0.15) is 13.2 Å². The largest absolute Gasteiger partial charge is 0.465 e. The van der Waals surface area contributed by atoms with Gasteiger partial charge in [-0.3, -0.25) is 0 Å². The van der Waals surface area contributed by atoms with E-state index in [0.29, 0.717) is 17.0 Å². The van der Waals surface area contributed by atoms with E-state index in [1.165, 1.54) is 13.3 Å². The lowest BCUT2D eigenvalue weighted by Crippen LogP contribution is -2.11. The van der Waals surface area contributed by atoms with Crippen LogP contribution in [0.15, 0.2) is 30.5 Å². The molecule has 23 heavy (non-hydrogen) atoms. The highest BCUT2D eigenvalue weighted by Gasteiger charge is 2.30. The summed E-state index contributed by atoms with van der Waals surface area (Å²) in [7, 11) is 1.28. The monoisotopic (exact) mass is 326 g/mol. The Balaban J connectivity index is 2.39. The number of methoxy groups -OCH3 is 1. The van der Waals surface area contributed by atoms with Gasteiger partial charge >= 0.3 is 12.1 Å². The third-order valence-electron chi connectivity index (χ3n) is 3.28. The van der Waals surface area contributed by atoms with Crippen LogP contribution in [0.4, 0.5) is 13.2 Å². The molecule has 0 spiro atoms. The van der Waals surface area contributed by atoms with Crippen LogP contribution >= 0.6 is 0 Å². The first kappa shape index (κ1) is 17.1. The minimum absolute atomic E-state index is 0.0294. The fraction of sp³-hybridized carbons (Fsp3) is 0.375. The molecule has 0 radical (unpaired) electrons. The topological polar surface area (TPSA) is 44.1 Å². The summed E-state index contributed by atoms with van der Waals surface area (Å²) < 4.78 is 44.0. The van der Waals surface area contributed by atoms with E-state index < -0.39 is 18.6 Å². The standard InChI is InChI=1S/C16H17F3N2O2/c1-10(2)21-9-13(8-16(17,18)19)20-14(21)11-4-6-12(7-5-11)15(22)23-3/h4-7,9-10H,8H2,1-3H3. The van der Waals surface area contributed by atoms with Crippen LogP contribution in [-0.4, -0.2) is 28.8 Å². The van der Waals surface area contributed by atoms with Crippen molar-refractivity contribution in [3.63, 3.8) is 0 Å².